The van der Waals surface area contributed by atoms with Gasteiger partial charge in [-0.25, -0.2) is 9.97 Å². The summed E-state index contributed by atoms with van der Waals surface area (Å²) in [5.74, 6) is 0.684. The SMILES string of the molecule is Cc1cc(C)nc(/N=C2\NC(=O)C3CCCCC3S2)n1. The molecule has 0 radical (unpaired) electrons. The molecule has 6 heteroatoms. The van der Waals surface area contributed by atoms with Crippen LogP contribution in [0.1, 0.15) is 37.1 Å². The highest BCUT2D eigenvalue weighted by molar-refractivity contribution is 8.14. The van der Waals surface area contributed by atoms with Gasteiger partial charge in [-0.1, -0.05) is 24.6 Å². The van der Waals surface area contributed by atoms with E-state index in [-0.39, 0.29) is 11.8 Å². The zero-order valence-electron chi connectivity index (χ0n) is 11.7. The van der Waals surface area contributed by atoms with Gasteiger partial charge in [-0.15, -0.1) is 0 Å². The summed E-state index contributed by atoms with van der Waals surface area (Å²) in [5.41, 5.74) is 1.78. The average molecular weight is 290 g/mol. The van der Waals surface area contributed by atoms with E-state index in [4.69, 9.17) is 0 Å². The molecule has 1 N–H and O–H groups in total. The second-order valence-electron chi connectivity index (χ2n) is 5.40. The number of thioether (sulfide) groups is 1. The molecule has 0 bridgehead atoms. The van der Waals surface area contributed by atoms with Crippen LogP contribution < -0.4 is 5.32 Å². The summed E-state index contributed by atoms with van der Waals surface area (Å²) in [7, 11) is 0. The van der Waals surface area contributed by atoms with Crippen LogP contribution in [0.3, 0.4) is 0 Å². The van der Waals surface area contributed by atoms with Gasteiger partial charge in [0.15, 0.2) is 5.17 Å². The van der Waals surface area contributed by atoms with Crippen LogP contribution in [0, 0.1) is 19.8 Å². The molecule has 3 rings (SSSR count). The predicted octanol–water partition coefficient (Wildman–Crippen LogP) is 2.50. The van der Waals surface area contributed by atoms with Gasteiger partial charge in [0.2, 0.25) is 5.91 Å². The van der Waals surface area contributed by atoms with Gasteiger partial charge >= 0.3 is 0 Å². The van der Waals surface area contributed by atoms with Gasteiger partial charge in [0, 0.05) is 16.6 Å². The Morgan fingerprint density at radius 2 is 1.95 bits per heavy atom. The molecule has 20 heavy (non-hydrogen) atoms. The Bertz CT molecular complexity index is 552. The smallest absolute Gasteiger partial charge is 0.252 e. The summed E-state index contributed by atoms with van der Waals surface area (Å²) >= 11 is 1.66. The number of nitrogens with one attached hydrogen (secondary N) is 1. The van der Waals surface area contributed by atoms with E-state index in [9.17, 15) is 4.79 Å². The maximum atomic E-state index is 12.1. The van der Waals surface area contributed by atoms with Crippen molar-refractivity contribution in [2.24, 2.45) is 10.9 Å². The number of hydrogen-bond donors (Lipinski definition) is 1. The number of hydrogen-bond acceptors (Lipinski definition) is 5. The lowest BCUT2D eigenvalue weighted by Gasteiger charge is -2.34. The second-order valence-corrected chi connectivity index (χ2v) is 6.63. The van der Waals surface area contributed by atoms with Crippen molar-refractivity contribution >= 4 is 28.8 Å². The Morgan fingerprint density at radius 1 is 1.25 bits per heavy atom. The third-order valence-electron chi connectivity index (χ3n) is 3.70. The summed E-state index contributed by atoms with van der Waals surface area (Å²) in [6.07, 6.45) is 4.45. The molecule has 2 fully saturated rings. The quantitative estimate of drug-likeness (QED) is 0.863. The minimum Gasteiger partial charge on any atom is -0.305 e. The number of aromatic nitrogens is 2. The van der Waals surface area contributed by atoms with Gasteiger partial charge in [-0.2, -0.15) is 4.99 Å². The second kappa shape index (κ2) is 5.52. The van der Waals surface area contributed by atoms with Crippen molar-refractivity contribution in [1.29, 1.82) is 0 Å². The topological polar surface area (TPSA) is 67.2 Å². The van der Waals surface area contributed by atoms with Crippen LogP contribution >= 0.6 is 11.8 Å². The van der Waals surface area contributed by atoms with Crippen LogP contribution in [0.2, 0.25) is 0 Å². The van der Waals surface area contributed by atoms with E-state index in [0.717, 1.165) is 30.7 Å². The minimum absolute atomic E-state index is 0.108. The first kappa shape index (κ1) is 13.5. The molecule has 0 aromatic carbocycles. The molecule has 2 aliphatic rings. The highest BCUT2D eigenvalue weighted by atomic mass is 32.2. The Labute approximate surface area is 122 Å². The first-order valence-electron chi connectivity index (χ1n) is 7.00. The van der Waals surface area contributed by atoms with E-state index in [1.165, 1.54) is 6.42 Å². The van der Waals surface area contributed by atoms with E-state index < -0.39 is 0 Å². The highest BCUT2D eigenvalue weighted by Gasteiger charge is 2.37. The largest absolute Gasteiger partial charge is 0.305 e. The third-order valence-corrected chi connectivity index (χ3v) is 4.99. The lowest BCUT2D eigenvalue weighted by atomic mass is 9.88. The van der Waals surface area contributed by atoms with Gasteiger partial charge < -0.3 is 5.32 Å². The predicted molar refractivity (Wildman–Crippen MR) is 80.1 cm³/mol. The molecule has 1 amide bonds. The fourth-order valence-electron chi connectivity index (χ4n) is 2.81. The van der Waals surface area contributed by atoms with Crippen LogP contribution in [0.4, 0.5) is 5.95 Å². The summed E-state index contributed by atoms with van der Waals surface area (Å²) < 4.78 is 0. The van der Waals surface area contributed by atoms with E-state index in [1.807, 2.05) is 19.9 Å². The van der Waals surface area contributed by atoms with Gasteiger partial charge in [-0.3, -0.25) is 4.79 Å². The number of aliphatic imine (C=N–C) groups is 1. The number of carbonyl (C=O) groups excluding carboxylic acids is 1. The summed E-state index contributed by atoms with van der Waals surface area (Å²) in [5, 5.41) is 3.90. The first-order valence-corrected chi connectivity index (χ1v) is 7.88. The number of fused-ring (bicyclic) bond motifs is 1. The summed E-state index contributed by atoms with van der Waals surface area (Å²) in [6, 6.07) is 1.91. The molecular weight excluding hydrogens is 272 g/mol. The molecule has 1 saturated heterocycles. The van der Waals surface area contributed by atoms with Crippen molar-refractivity contribution in [2.45, 2.75) is 44.8 Å². The van der Waals surface area contributed by atoms with Crippen LogP contribution in [-0.2, 0) is 4.79 Å². The van der Waals surface area contributed by atoms with Crippen molar-refractivity contribution < 1.29 is 4.79 Å². The van der Waals surface area contributed by atoms with Gasteiger partial charge in [0.05, 0.1) is 5.92 Å². The number of amidine groups is 1. The van der Waals surface area contributed by atoms with E-state index in [0.29, 0.717) is 16.4 Å². The Kier molecular flexibility index (Phi) is 3.74. The van der Waals surface area contributed by atoms with E-state index in [2.05, 4.69) is 20.3 Å². The first-order chi connectivity index (χ1) is 9.61. The summed E-state index contributed by atoms with van der Waals surface area (Å²) in [6.45, 7) is 3.84. The van der Waals surface area contributed by atoms with Crippen molar-refractivity contribution in [3.05, 3.63) is 17.5 Å². The minimum atomic E-state index is 0.108. The molecule has 1 saturated carbocycles. The zero-order valence-corrected chi connectivity index (χ0v) is 12.5. The molecule has 2 heterocycles. The lowest BCUT2D eigenvalue weighted by molar-refractivity contribution is -0.124. The maximum absolute atomic E-state index is 12.1. The number of nitrogens with zero attached hydrogens (tertiary/aromatic N) is 3. The summed E-state index contributed by atoms with van der Waals surface area (Å²) in [4.78, 5) is 25.1. The van der Waals surface area contributed by atoms with Crippen LogP contribution in [-0.4, -0.2) is 26.3 Å². The molecule has 2 atom stereocenters. The average Bonchev–Trinajstić information content (AvgIpc) is 2.37. The molecule has 1 aliphatic carbocycles. The molecule has 106 valence electrons. The van der Waals surface area contributed by atoms with Crippen molar-refractivity contribution in [3.63, 3.8) is 0 Å². The van der Waals surface area contributed by atoms with E-state index >= 15 is 0 Å². The zero-order chi connectivity index (χ0) is 14.1. The molecule has 0 spiro atoms. The van der Waals surface area contributed by atoms with Crippen LogP contribution in [0.5, 0.6) is 0 Å². The van der Waals surface area contributed by atoms with Gasteiger partial charge in [0.25, 0.3) is 5.95 Å². The Balaban J connectivity index is 1.83. The fraction of sp³-hybridized carbons (Fsp3) is 0.571. The molecule has 1 aromatic rings. The molecule has 1 aliphatic heterocycles. The Morgan fingerprint density at radius 3 is 2.70 bits per heavy atom. The molecular formula is C14H18N4OS. The van der Waals surface area contributed by atoms with Crippen LogP contribution in [0.15, 0.2) is 11.1 Å². The maximum Gasteiger partial charge on any atom is 0.252 e. The lowest BCUT2D eigenvalue weighted by Crippen LogP contribution is -2.46. The number of rotatable bonds is 1. The number of amides is 1. The van der Waals surface area contributed by atoms with Crippen molar-refractivity contribution in [1.82, 2.24) is 15.3 Å². The number of aryl methyl sites for hydroxylation is 2. The van der Waals surface area contributed by atoms with Crippen LogP contribution in [0.25, 0.3) is 0 Å². The number of carbonyl (C=O) groups is 1. The van der Waals surface area contributed by atoms with Gasteiger partial charge in [-0.05, 0) is 32.8 Å². The Hall–Kier alpha value is -1.43. The monoisotopic (exact) mass is 290 g/mol. The normalized spacial score (nSPS) is 28.1. The molecule has 1 aromatic heterocycles. The molecule has 5 nitrogen and oxygen atoms in total. The molecule has 2 unspecified atom stereocenters. The van der Waals surface area contributed by atoms with Crippen molar-refractivity contribution in [3.8, 4) is 0 Å². The standard InChI is InChI=1S/C14H18N4OS/c1-8-7-9(2)16-13(15-8)18-14-17-12(19)10-5-3-4-6-11(10)20-14/h7,10-11H,3-6H2,1-2H3,(H,15,16,17,18,19). The third kappa shape index (κ3) is 2.85. The fourth-order valence-corrected chi connectivity index (χ4v) is 4.10. The van der Waals surface area contributed by atoms with Crippen molar-refractivity contribution in [2.75, 3.05) is 0 Å². The highest BCUT2D eigenvalue weighted by Crippen LogP contribution is 2.37. The van der Waals surface area contributed by atoms with Gasteiger partial charge in [0.1, 0.15) is 0 Å². The van der Waals surface area contributed by atoms with E-state index in [1.54, 1.807) is 11.8 Å².